The number of morpholine rings is 1. The van der Waals surface area contributed by atoms with Crippen molar-refractivity contribution in [1.29, 1.82) is 0 Å². The van der Waals surface area contributed by atoms with Gasteiger partial charge in [-0.25, -0.2) is 4.79 Å². The van der Waals surface area contributed by atoms with Gasteiger partial charge in [-0.3, -0.25) is 9.69 Å². The van der Waals surface area contributed by atoms with Gasteiger partial charge in [-0.1, -0.05) is 6.58 Å². The summed E-state index contributed by atoms with van der Waals surface area (Å²) in [6.45, 7) is 7.61. The van der Waals surface area contributed by atoms with E-state index in [1.54, 1.807) is 0 Å². The monoisotopic (exact) mass is 365 g/mol. The number of nitrogens with two attached hydrogens (primary N) is 1. The molecule has 9 nitrogen and oxygen atoms in total. The summed E-state index contributed by atoms with van der Waals surface area (Å²) in [5.41, 5.74) is 5.37. The minimum Gasteiger partial charge on any atom is -0.493 e. The van der Waals surface area contributed by atoms with E-state index in [0.29, 0.717) is 37.8 Å². The third kappa shape index (κ3) is 5.64. The van der Waals surface area contributed by atoms with Gasteiger partial charge in [0.05, 0.1) is 26.0 Å². The highest BCUT2D eigenvalue weighted by Crippen LogP contribution is 2.38. The Kier molecular flexibility index (Phi) is 7.24. The molecule has 0 aliphatic carbocycles. The predicted octanol–water partition coefficient (Wildman–Crippen LogP) is 0.988. The molecule has 0 radical (unpaired) electrons. The Morgan fingerprint density at radius 3 is 2.65 bits per heavy atom. The molecule has 0 saturated carbocycles. The summed E-state index contributed by atoms with van der Waals surface area (Å²) in [7, 11) is 1.42. The number of amides is 2. The maximum Gasteiger partial charge on any atom is 0.410 e. The lowest BCUT2D eigenvalue weighted by Gasteiger charge is -2.26. The number of carbonyl (C=O) groups excluding carboxylic acids is 2. The maximum atomic E-state index is 11.7. The predicted molar refractivity (Wildman–Crippen MR) is 94.8 cm³/mol. The van der Waals surface area contributed by atoms with Crippen molar-refractivity contribution in [3.05, 3.63) is 24.8 Å². The van der Waals surface area contributed by atoms with Gasteiger partial charge in [-0.2, -0.15) is 0 Å². The Morgan fingerprint density at radius 1 is 1.31 bits per heavy atom. The van der Waals surface area contributed by atoms with Gasteiger partial charge in [-0.05, 0) is 6.08 Å². The van der Waals surface area contributed by atoms with Crippen molar-refractivity contribution in [1.82, 2.24) is 4.90 Å². The molecule has 1 aromatic rings. The number of nitrogens with one attached hydrogen (secondary N) is 1. The van der Waals surface area contributed by atoms with Crippen molar-refractivity contribution in [3.63, 3.8) is 0 Å². The van der Waals surface area contributed by atoms with Gasteiger partial charge in [0.25, 0.3) is 0 Å². The molecule has 0 atom stereocenters. The first kappa shape index (κ1) is 19.5. The lowest BCUT2D eigenvalue weighted by Crippen LogP contribution is -2.38. The largest absolute Gasteiger partial charge is 0.493 e. The van der Waals surface area contributed by atoms with Crippen LogP contribution in [0, 0.1) is 0 Å². The van der Waals surface area contributed by atoms with Gasteiger partial charge < -0.3 is 30.0 Å². The summed E-state index contributed by atoms with van der Waals surface area (Å²) in [6.07, 6.45) is 0.126. The summed E-state index contributed by atoms with van der Waals surface area (Å²) in [6, 6.07) is 2.94. The van der Waals surface area contributed by atoms with Crippen molar-refractivity contribution in [2.24, 2.45) is 5.73 Å². The van der Waals surface area contributed by atoms with Gasteiger partial charge >= 0.3 is 6.09 Å². The van der Waals surface area contributed by atoms with Gasteiger partial charge in [0.2, 0.25) is 5.91 Å². The molecule has 0 spiro atoms. The van der Waals surface area contributed by atoms with Crippen LogP contribution in [0.3, 0.4) is 0 Å². The van der Waals surface area contributed by atoms with Crippen molar-refractivity contribution in [2.45, 2.75) is 0 Å². The highest BCUT2D eigenvalue weighted by Gasteiger charge is 2.17. The standard InChI is InChI=1S/C17H23N3O6/c1-3-16(21)19-12-10-15(26-17(18)22)14(23-2)11-13(12)25-9-6-20-4-7-24-8-5-20/h3,10-11H,1,4-9H2,2H3,(H2,18,22)(H,19,21). The summed E-state index contributed by atoms with van der Waals surface area (Å²) in [4.78, 5) is 24.9. The van der Waals surface area contributed by atoms with Crippen molar-refractivity contribution in [2.75, 3.05) is 51.9 Å². The summed E-state index contributed by atoms with van der Waals surface area (Å²) < 4.78 is 21.2. The van der Waals surface area contributed by atoms with E-state index in [2.05, 4.69) is 16.8 Å². The molecule has 3 N–H and O–H groups in total. The normalized spacial score (nSPS) is 14.3. The molecule has 1 aliphatic rings. The fourth-order valence-corrected chi connectivity index (χ4v) is 2.40. The molecule has 1 aliphatic heterocycles. The van der Waals surface area contributed by atoms with Gasteiger partial charge in [-0.15, -0.1) is 0 Å². The number of carbonyl (C=O) groups is 2. The fraction of sp³-hybridized carbons (Fsp3) is 0.412. The SMILES string of the molecule is C=CC(=O)Nc1cc(OC(N)=O)c(OC)cc1OCCN1CCOCC1. The Morgan fingerprint density at radius 2 is 2.04 bits per heavy atom. The summed E-state index contributed by atoms with van der Waals surface area (Å²) >= 11 is 0. The van der Waals surface area contributed by atoms with E-state index >= 15 is 0 Å². The van der Waals surface area contributed by atoms with Gasteiger partial charge in [0.1, 0.15) is 12.4 Å². The summed E-state index contributed by atoms with van der Waals surface area (Å²) in [5, 5.41) is 2.61. The lowest BCUT2D eigenvalue weighted by atomic mass is 10.2. The quantitative estimate of drug-likeness (QED) is 0.661. The van der Waals surface area contributed by atoms with Crippen LogP contribution in [0.15, 0.2) is 24.8 Å². The van der Waals surface area contributed by atoms with E-state index in [-0.39, 0.29) is 11.5 Å². The molecular weight excluding hydrogens is 342 g/mol. The highest BCUT2D eigenvalue weighted by atomic mass is 16.6. The zero-order valence-electron chi connectivity index (χ0n) is 14.7. The molecule has 2 rings (SSSR count). The Labute approximate surface area is 151 Å². The van der Waals surface area contributed by atoms with Crippen LogP contribution >= 0.6 is 0 Å². The van der Waals surface area contributed by atoms with E-state index in [1.807, 2.05) is 0 Å². The minimum absolute atomic E-state index is 0.0693. The zero-order valence-corrected chi connectivity index (χ0v) is 14.7. The lowest BCUT2D eigenvalue weighted by molar-refractivity contribution is -0.111. The fourth-order valence-electron chi connectivity index (χ4n) is 2.40. The first-order valence-electron chi connectivity index (χ1n) is 8.09. The molecule has 1 heterocycles. The number of anilines is 1. The molecule has 142 valence electrons. The van der Waals surface area contributed by atoms with Crippen molar-refractivity contribution < 1.29 is 28.5 Å². The number of primary amides is 1. The number of ether oxygens (including phenoxy) is 4. The first-order chi connectivity index (χ1) is 12.5. The smallest absolute Gasteiger partial charge is 0.410 e. The highest BCUT2D eigenvalue weighted by molar-refractivity contribution is 6.00. The van der Waals surface area contributed by atoms with Crippen LogP contribution in [0.1, 0.15) is 0 Å². The van der Waals surface area contributed by atoms with Crippen molar-refractivity contribution in [3.8, 4) is 17.2 Å². The van der Waals surface area contributed by atoms with Crippen LogP contribution in [-0.2, 0) is 9.53 Å². The number of hydrogen-bond donors (Lipinski definition) is 2. The molecule has 0 bridgehead atoms. The van der Waals surface area contributed by atoms with Gasteiger partial charge in [0.15, 0.2) is 11.5 Å². The van der Waals surface area contributed by atoms with Crippen LogP contribution in [0.25, 0.3) is 0 Å². The molecule has 1 fully saturated rings. The molecular formula is C17H23N3O6. The number of rotatable bonds is 8. The second kappa shape index (κ2) is 9.64. The number of nitrogens with zero attached hydrogens (tertiary/aromatic N) is 1. The molecule has 1 aromatic carbocycles. The molecule has 26 heavy (non-hydrogen) atoms. The number of benzene rings is 1. The second-order valence-electron chi connectivity index (χ2n) is 5.42. The van der Waals surface area contributed by atoms with E-state index in [0.717, 1.165) is 19.2 Å². The third-order valence-corrected chi connectivity index (χ3v) is 3.69. The van der Waals surface area contributed by atoms with E-state index < -0.39 is 12.0 Å². The Balaban J connectivity index is 2.15. The van der Waals surface area contributed by atoms with Crippen LogP contribution in [-0.4, -0.2) is 63.5 Å². The van der Waals surface area contributed by atoms with E-state index in [4.69, 9.17) is 24.7 Å². The molecule has 9 heteroatoms. The van der Waals surface area contributed by atoms with Crippen LogP contribution in [0.2, 0.25) is 0 Å². The molecule has 0 aromatic heterocycles. The second-order valence-corrected chi connectivity index (χ2v) is 5.42. The Bertz CT molecular complexity index is 658. The third-order valence-electron chi connectivity index (χ3n) is 3.69. The topological polar surface area (TPSA) is 112 Å². The average molecular weight is 365 g/mol. The molecule has 2 amide bonds. The zero-order chi connectivity index (χ0) is 18.9. The van der Waals surface area contributed by atoms with Crippen molar-refractivity contribution >= 4 is 17.7 Å². The van der Waals surface area contributed by atoms with Crippen LogP contribution in [0.5, 0.6) is 17.2 Å². The Hall–Kier alpha value is -2.78. The van der Waals surface area contributed by atoms with Crippen LogP contribution < -0.4 is 25.3 Å². The minimum atomic E-state index is -0.995. The molecule has 1 saturated heterocycles. The average Bonchev–Trinajstić information content (AvgIpc) is 2.63. The van der Waals surface area contributed by atoms with Gasteiger partial charge in [0, 0.05) is 31.8 Å². The van der Waals surface area contributed by atoms with Crippen LogP contribution in [0.4, 0.5) is 10.5 Å². The maximum absolute atomic E-state index is 11.7. The van der Waals surface area contributed by atoms with E-state index in [1.165, 1.54) is 19.2 Å². The number of methoxy groups -OCH3 is 1. The number of hydrogen-bond acceptors (Lipinski definition) is 7. The summed E-state index contributed by atoms with van der Waals surface area (Å²) in [5.74, 6) is 0.266. The van der Waals surface area contributed by atoms with E-state index in [9.17, 15) is 9.59 Å². The molecule has 0 unspecified atom stereocenters. The first-order valence-corrected chi connectivity index (χ1v) is 8.09.